The maximum atomic E-state index is 13.1. The number of halogens is 1. The molecule has 4 rings (SSSR count). The normalized spacial score (nSPS) is 17.7. The molecule has 12 nitrogen and oxygen atoms in total. The van der Waals surface area contributed by atoms with Gasteiger partial charge in [0.1, 0.15) is 11.6 Å². The number of hydrogen-bond acceptors (Lipinski definition) is 10. The maximum absolute atomic E-state index is 13.1. The van der Waals surface area contributed by atoms with Crippen molar-refractivity contribution in [3.8, 4) is 0 Å². The number of anilines is 1. The third-order valence-corrected chi connectivity index (χ3v) is 10.4. The van der Waals surface area contributed by atoms with E-state index >= 15 is 0 Å². The van der Waals surface area contributed by atoms with E-state index in [-0.39, 0.29) is 41.7 Å². The number of aryl methyl sites for hydroxylation is 1. The summed E-state index contributed by atoms with van der Waals surface area (Å²) in [5.74, 6) is -1.99. The summed E-state index contributed by atoms with van der Waals surface area (Å²) in [6.45, 7) is 4.17. The molecule has 2 saturated heterocycles. The van der Waals surface area contributed by atoms with Gasteiger partial charge in [0.05, 0.1) is 44.9 Å². The predicted molar refractivity (Wildman–Crippen MR) is 194 cm³/mol. The number of carbonyl (C=O) groups excluding carboxylic acids is 6. The number of rotatable bonds is 25. The number of unbranched alkanes of at least 4 members (excludes halogenated alkanes) is 1. The van der Waals surface area contributed by atoms with E-state index in [1.807, 2.05) is 11.8 Å². The van der Waals surface area contributed by atoms with Crippen LogP contribution < -0.4 is 16.0 Å². The van der Waals surface area contributed by atoms with Gasteiger partial charge in [-0.1, -0.05) is 18.6 Å². The first kappa shape index (κ1) is 40.8. The molecule has 3 atom stereocenters. The van der Waals surface area contributed by atoms with Crippen molar-refractivity contribution in [2.24, 2.45) is 0 Å². The Kier molecular flexibility index (Phi) is 16.9. The van der Waals surface area contributed by atoms with Crippen molar-refractivity contribution in [3.05, 3.63) is 65.0 Å². The summed E-state index contributed by atoms with van der Waals surface area (Å²) in [6.07, 6.45) is 4.67. The molecule has 0 bridgehead atoms. The third-order valence-electron chi connectivity index (χ3n) is 8.86. The van der Waals surface area contributed by atoms with E-state index in [0.717, 1.165) is 37.1 Å². The van der Waals surface area contributed by atoms with Crippen LogP contribution in [0.4, 0.5) is 14.9 Å². The van der Waals surface area contributed by atoms with Crippen molar-refractivity contribution >= 4 is 52.5 Å². The first-order valence-electron chi connectivity index (χ1n) is 17.8. The van der Waals surface area contributed by atoms with E-state index in [0.29, 0.717) is 87.4 Å². The quantitative estimate of drug-likeness (QED) is 0.0415. The number of benzene rings is 2. The van der Waals surface area contributed by atoms with Crippen LogP contribution in [0.1, 0.15) is 84.1 Å². The SMILES string of the molecule is Cc1ccc(C(=O)CCCOCCOCCOCCCC(=O)CCCC[C@@H]2SC[C@@H]3NC(=O)N[C@@H]32)cc1NC(=O)C(=O)CC(=O)c1ccc(F)cc1. The first-order valence-corrected chi connectivity index (χ1v) is 18.9. The molecule has 0 radical (unpaired) electrons. The summed E-state index contributed by atoms with van der Waals surface area (Å²) in [6, 6.07) is 9.89. The second kappa shape index (κ2) is 21.5. The van der Waals surface area contributed by atoms with Crippen LogP contribution in [-0.4, -0.2) is 97.8 Å². The highest BCUT2D eigenvalue weighted by Gasteiger charge is 2.42. The number of fused-ring (bicyclic) bond motifs is 1. The van der Waals surface area contributed by atoms with E-state index in [4.69, 9.17) is 14.2 Å². The fourth-order valence-corrected chi connectivity index (χ4v) is 7.46. The number of amides is 3. The molecule has 2 fully saturated rings. The van der Waals surface area contributed by atoms with Gasteiger partial charge in [0.2, 0.25) is 5.78 Å². The molecule has 282 valence electrons. The van der Waals surface area contributed by atoms with Gasteiger partial charge in [0, 0.05) is 60.3 Å². The molecule has 0 aliphatic carbocycles. The second-order valence-corrected chi connectivity index (χ2v) is 14.2. The van der Waals surface area contributed by atoms with Crippen molar-refractivity contribution in [3.63, 3.8) is 0 Å². The fourth-order valence-electron chi connectivity index (χ4n) is 5.91. The van der Waals surface area contributed by atoms with Gasteiger partial charge in [-0.15, -0.1) is 0 Å². The number of urea groups is 1. The van der Waals surface area contributed by atoms with Crippen LogP contribution in [0.25, 0.3) is 0 Å². The van der Waals surface area contributed by atoms with Crippen LogP contribution in [0.2, 0.25) is 0 Å². The zero-order chi connectivity index (χ0) is 37.3. The van der Waals surface area contributed by atoms with E-state index in [1.54, 1.807) is 19.1 Å². The first-order chi connectivity index (χ1) is 25.1. The van der Waals surface area contributed by atoms with Crippen molar-refractivity contribution in [1.29, 1.82) is 0 Å². The molecule has 3 amide bonds. The molecule has 52 heavy (non-hydrogen) atoms. The standard InChI is InChI=1S/C38H48FN3O9S/c1-25-10-11-27(22-30(25)40-37(47)34(46)23-33(45)26-12-14-28(39)15-13-26)32(44)8-5-17-50-19-21-51-20-18-49-16-4-7-29(43)6-2-3-9-35-36-31(24-52-35)41-38(48)42-36/h10-15,22,31,35-36H,2-9,16-21,23-24H2,1H3,(H,40,47)(H2,41,42,48)/t31-,35-,36-/m0/s1. The van der Waals surface area contributed by atoms with E-state index in [9.17, 15) is 33.2 Å². The van der Waals surface area contributed by atoms with Crippen LogP contribution in [0.5, 0.6) is 0 Å². The zero-order valence-corrected chi connectivity index (χ0v) is 30.4. The van der Waals surface area contributed by atoms with Crippen LogP contribution >= 0.6 is 11.8 Å². The summed E-state index contributed by atoms with van der Waals surface area (Å²) in [5.41, 5.74) is 1.43. The fraction of sp³-hybridized carbons (Fsp3) is 0.526. The average Bonchev–Trinajstić information content (AvgIpc) is 3.68. The molecule has 2 heterocycles. The molecule has 2 aromatic carbocycles. The minimum Gasteiger partial charge on any atom is -0.379 e. The summed E-state index contributed by atoms with van der Waals surface area (Å²) in [7, 11) is 0. The van der Waals surface area contributed by atoms with Crippen molar-refractivity contribution in [2.75, 3.05) is 50.7 Å². The van der Waals surface area contributed by atoms with Gasteiger partial charge in [-0.05, 0) is 68.5 Å². The molecular formula is C38H48FN3O9S. The predicted octanol–water partition coefficient (Wildman–Crippen LogP) is 5.00. The summed E-state index contributed by atoms with van der Waals surface area (Å²) < 4.78 is 29.7. The minimum absolute atomic E-state index is 0.0715. The smallest absolute Gasteiger partial charge is 0.315 e. The van der Waals surface area contributed by atoms with Gasteiger partial charge >= 0.3 is 6.03 Å². The maximum Gasteiger partial charge on any atom is 0.315 e. The lowest BCUT2D eigenvalue weighted by molar-refractivity contribution is -0.134. The Morgan fingerprint density at radius 2 is 1.42 bits per heavy atom. The Balaban J connectivity index is 0.963. The molecule has 0 aromatic heterocycles. The highest BCUT2D eigenvalue weighted by molar-refractivity contribution is 8.00. The Labute approximate surface area is 307 Å². The van der Waals surface area contributed by atoms with Gasteiger partial charge in [0.25, 0.3) is 5.91 Å². The molecule has 2 aliphatic rings. The highest BCUT2D eigenvalue weighted by Crippen LogP contribution is 2.33. The number of Topliss-reactive ketones (excluding diaryl/α,β-unsaturated/α-hetero) is 4. The third kappa shape index (κ3) is 13.5. The zero-order valence-electron chi connectivity index (χ0n) is 29.5. The Morgan fingerprint density at radius 1 is 0.788 bits per heavy atom. The number of carbonyl (C=O) groups is 6. The van der Waals surface area contributed by atoms with Crippen molar-refractivity contribution in [2.45, 2.75) is 82.0 Å². The van der Waals surface area contributed by atoms with Crippen LogP contribution in [0, 0.1) is 12.7 Å². The largest absolute Gasteiger partial charge is 0.379 e. The van der Waals surface area contributed by atoms with Crippen LogP contribution in [0.15, 0.2) is 42.5 Å². The average molecular weight is 742 g/mol. The number of ketones is 4. The van der Waals surface area contributed by atoms with Gasteiger partial charge in [-0.2, -0.15) is 11.8 Å². The summed E-state index contributed by atoms with van der Waals surface area (Å²) in [4.78, 5) is 73.5. The molecule has 0 spiro atoms. The lowest BCUT2D eigenvalue weighted by Gasteiger charge is -2.16. The number of ether oxygens (including phenoxy) is 3. The highest BCUT2D eigenvalue weighted by atomic mass is 32.2. The van der Waals surface area contributed by atoms with E-state index < -0.39 is 29.7 Å². The Bertz CT molecular complexity index is 1550. The van der Waals surface area contributed by atoms with Gasteiger partial charge < -0.3 is 30.2 Å². The van der Waals surface area contributed by atoms with Gasteiger partial charge in [0.15, 0.2) is 11.6 Å². The number of thioether (sulfide) groups is 1. The summed E-state index contributed by atoms with van der Waals surface area (Å²) >= 11 is 1.89. The molecule has 14 heteroatoms. The van der Waals surface area contributed by atoms with Crippen molar-refractivity contribution < 1.29 is 47.4 Å². The lowest BCUT2D eigenvalue weighted by atomic mass is 10.0. The second-order valence-electron chi connectivity index (χ2n) is 12.9. The summed E-state index contributed by atoms with van der Waals surface area (Å²) in [5, 5.41) is 8.86. The molecular weight excluding hydrogens is 693 g/mol. The molecule has 3 N–H and O–H groups in total. The van der Waals surface area contributed by atoms with Gasteiger partial charge in [-0.3, -0.25) is 24.0 Å². The van der Waals surface area contributed by atoms with Gasteiger partial charge in [-0.25, -0.2) is 9.18 Å². The Hall–Kier alpha value is -3.98. The lowest BCUT2D eigenvalue weighted by Crippen LogP contribution is -2.36. The number of hydrogen-bond donors (Lipinski definition) is 3. The molecule has 0 unspecified atom stereocenters. The Morgan fingerprint density at radius 3 is 2.13 bits per heavy atom. The molecule has 2 aromatic rings. The van der Waals surface area contributed by atoms with Crippen LogP contribution in [0.3, 0.4) is 0 Å². The van der Waals surface area contributed by atoms with Crippen molar-refractivity contribution in [1.82, 2.24) is 10.6 Å². The number of nitrogens with one attached hydrogen (secondary N) is 3. The van der Waals surface area contributed by atoms with Crippen LogP contribution in [-0.2, 0) is 28.6 Å². The van der Waals surface area contributed by atoms with E-state index in [1.165, 1.54) is 18.2 Å². The van der Waals surface area contributed by atoms with E-state index in [2.05, 4.69) is 16.0 Å². The monoisotopic (exact) mass is 741 g/mol. The molecule has 0 saturated carbocycles. The molecule has 2 aliphatic heterocycles. The topological polar surface area (TPSA) is 166 Å². The minimum atomic E-state index is -0.979.